The van der Waals surface area contributed by atoms with Crippen molar-refractivity contribution in [3.05, 3.63) is 64.4 Å². The van der Waals surface area contributed by atoms with Crippen molar-refractivity contribution in [3.63, 3.8) is 0 Å². The Morgan fingerprint density at radius 3 is 2.48 bits per heavy atom. The first-order valence-electron chi connectivity index (χ1n) is 9.30. The van der Waals surface area contributed by atoms with Gasteiger partial charge in [0, 0.05) is 36.5 Å². The van der Waals surface area contributed by atoms with Crippen molar-refractivity contribution < 1.29 is 23.9 Å². The number of hydrogen-bond donors (Lipinski definition) is 1. The molecule has 1 aliphatic rings. The number of carbonyl (C=O) groups is 3. The predicted octanol–water partition coefficient (Wildman–Crippen LogP) is 3.28. The number of aryl methyl sites for hydroxylation is 1. The fraction of sp³-hybridized carbons (Fsp3) is 0.318. The van der Waals surface area contributed by atoms with Gasteiger partial charge in [0.25, 0.3) is 5.91 Å². The fourth-order valence-electron chi connectivity index (χ4n) is 3.51. The highest BCUT2D eigenvalue weighted by atomic mass is 35.5. The number of nitrogens with zero attached hydrogens (tertiary/aromatic N) is 1. The molecule has 0 radical (unpaired) electrons. The average Bonchev–Trinajstić information content (AvgIpc) is 2.95. The lowest BCUT2D eigenvalue weighted by molar-refractivity contribution is -0.147. The largest absolute Gasteiger partial charge is 0.373 e. The first kappa shape index (κ1) is 21.1. The molecule has 0 spiro atoms. The molecule has 1 saturated heterocycles. The number of hydrogen-bond acceptors (Lipinski definition) is 4. The number of amides is 1. The zero-order chi connectivity index (χ0) is 21.2. The Morgan fingerprint density at radius 1 is 1.17 bits per heavy atom. The van der Waals surface area contributed by atoms with Gasteiger partial charge in [-0.1, -0.05) is 23.7 Å². The number of halogens is 2. The van der Waals surface area contributed by atoms with Crippen LogP contribution in [0.25, 0.3) is 0 Å². The van der Waals surface area contributed by atoms with E-state index in [4.69, 9.17) is 11.6 Å². The van der Waals surface area contributed by atoms with Gasteiger partial charge >= 0.3 is 0 Å². The van der Waals surface area contributed by atoms with Crippen LogP contribution < -0.4 is 4.90 Å². The molecule has 1 amide bonds. The quantitative estimate of drug-likeness (QED) is 0.701. The summed E-state index contributed by atoms with van der Waals surface area (Å²) in [5.41, 5.74) is -0.180. The Morgan fingerprint density at radius 2 is 1.86 bits per heavy atom. The molecule has 3 rings (SSSR count). The Labute approximate surface area is 173 Å². The van der Waals surface area contributed by atoms with Gasteiger partial charge in [0.2, 0.25) is 5.60 Å². The summed E-state index contributed by atoms with van der Waals surface area (Å²) >= 11 is 5.82. The third-order valence-corrected chi connectivity index (χ3v) is 5.24. The van der Waals surface area contributed by atoms with Crippen molar-refractivity contribution in [1.82, 2.24) is 0 Å². The van der Waals surface area contributed by atoms with Crippen LogP contribution in [-0.2, 0) is 27.2 Å². The van der Waals surface area contributed by atoms with Crippen LogP contribution in [0.15, 0.2) is 42.5 Å². The van der Waals surface area contributed by atoms with Crippen molar-refractivity contribution >= 4 is 34.8 Å². The molecule has 0 unspecified atom stereocenters. The molecule has 1 aliphatic heterocycles. The lowest BCUT2D eigenvalue weighted by Gasteiger charge is -2.21. The number of benzene rings is 2. The maximum absolute atomic E-state index is 13.4. The Balaban J connectivity index is 1.68. The van der Waals surface area contributed by atoms with Crippen molar-refractivity contribution in [1.29, 1.82) is 0 Å². The smallest absolute Gasteiger partial charge is 0.266 e. The normalized spacial score (nSPS) is 18.9. The van der Waals surface area contributed by atoms with E-state index in [-0.39, 0.29) is 36.6 Å². The summed E-state index contributed by atoms with van der Waals surface area (Å²) in [7, 11) is 0. The second-order valence-corrected chi connectivity index (χ2v) is 7.75. The predicted molar refractivity (Wildman–Crippen MR) is 107 cm³/mol. The van der Waals surface area contributed by atoms with Gasteiger partial charge in [-0.15, -0.1) is 0 Å². The molecule has 152 valence electrons. The van der Waals surface area contributed by atoms with Crippen LogP contribution in [0.1, 0.15) is 30.9 Å². The monoisotopic (exact) mass is 417 g/mol. The molecule has 0 saturated carbocycles. The zero-order valence-corrected chi connectivity index (χ0v) is 16.7. The topological polar surface area (TPSA) is 74.7 Å². The molecule has 1 N–H and O–H groups in total. The van der Waals surface area contributed by atoms with Gasteiger partial charge in [0.15, 0.2) is 5.78 Å². The average molecular weight is 418 g/mol. The molecular formula is C22H21ClFNO4. The van der Waals surface area contributed by atoms with Crippen molar-refractivity contribution in [3.8, 4) is 0 Å². The van der Waals surface area contributed by atoms with Gasteiger partial charge in [0.1, 0.15) is 11.6 Å². The second-order valence-electron chi connectivity index (χ2n) is 7.31. The second kappa shape index (κ2) is 8.43. The third-order valence-electron chi connectivity index (χ3n) is 5.02. The van der Waals surface area contributed by atoms with Gasteiger partial charge < -0.3 is 10.0 Å². The van der Waals surface area contributed by atoms with Crippen molar-refractivity contribution in [2.45, 2.75) is 38.2 Å². The van der Waals surface area contributed by atoms with Gasteiger partial charge in [-0.25, -0.2) is 4.39 Å². The standard InChI is InChI=1S/C22H21ClFNO4/c1-14(26)10-15-2-5-19(6-3-15)25-9-8-22(29,21(25)28)20(27)7-4-16-11-17(23)13-18(24)12-16/h2-3,5-6,11-13,29H,4,7-10H2,1H3/t22-/m0/s1. The molecule has 0 bridgehead atoms. The highest BCUT2D eigenvalue weighted by molar-refractivity contribution is 6.30. The summed E-state index contributed by atoms with van der Waals surface area (Å²) in [5.74, 6) is -1.73. The summed E-state index contributed by atoms with van der Waals surface area (Å²) < 4.78 is 13.4. The fourth-order valence-corrected chi connectivity index (χ4v) is 3.76. The Bertz CT molecular complexity index is 940. The SMILES string of the molecule is CC(=O)Cc1ccc(N2CC[C@](O)(C(=O)CCc3cc(F)cc(Cl)c3)C2=O)cc1. The number of rotatable bonds is 7. The van der Waals surface area contributed by atoms with E-state index < -0.39 is 23.1 Å². The van der Waals surface area contributed by atoms with Crippen LogP contribution in [0, 0.1) is 5.82 Å². The van der Waals surface area contributed by atoms with Crippen molar-refractivity contribution in [2.75, 3.05) is 11.4 Å². The molecular weight excluding hydrogens is 397 g/mol. The number of ketones is 2. The third kappa shape index (κ3) is 4.71. The first-order valence-corrected chi connectivity index (χ1v) is 9.68. The number of Topliss-reactive ketones (excluding diaryl/α,β-unsaturated/α-hetero) is 2. The highest BCUT2D eigenvalue weighted by Gasteiger charge is 2.50. The van der Waals surface area contributed by atoms with E-state index in [9.17, 15) is 23.9 Å². The maximum atomic E-state index is 13.4. The number of anilines is 1. The molecule has 2 aromatic rings. The van der Waals surface area contributed by atoms with Crippen LogP contribution >= 0.6 is 11.6 Å². The zero-order valence-electron chi connectivity index (χ0n) is 16.0. The summed E-state index contributed by atoms with van der Waals surface area (Å²) in [6, 6.07) is 10.9. The van der Waals surface area contributed by atoms with Crippen molar-refractivity contribution in [2.24, 2.45) is 0 Å². The number of aliphatic hydroxyl groups is 1. The minimum atomic E-state index is -2.09. The molecule has 29 heavy (non-hydrogen) atoms. The van der Waals surface area contributed by atoms with Gasteiger partial charge in [0.05, 0.1) is 0 Å². The molecule has 1 heterocycles. The molecule has 2 aromatic carbocycles. The van der Waals surface area contributed by atoms with Crippen LogP contribution in [-0.4, -0.2) is 34.7 Å². The van der Waals surface area contributed by atoms with Crippen LogP contribution in [0.2, 0.25) is 5.02 Å². The van der Waals surface area contributed by atoms with E-state index in [1.807, 2.05) is 0 Å². The van der Waals surface area contributed by atoms with E-state index in [2.05, 4.69) is 0 Å². The van der Waals surface area contributed by atoms with E-state index >= 15 is 0 Å². The summed E-state index contributed by atoms with van der Waals surface area (Å²) in [6.45, 7) is 1.71. The number of carbonyl (C=O) groups excluding carboxylic acids is 3. The highest BCUT2D eigenvalue weighted by Crippen LogP contribution is 2.30. The summed E-state index contributed by atoms with van der Waals surface area (Å²) in [5, 5.41) is 11.0. The minimum absolute atomic E-state index is 0.0101. The lowest BCUT2D eigenvalue weighted by Crippen LogP contribution is -2.47. The first-order chi connectivity index (χ1) is 13.7. The Kier molecular flexibility index (Phi) is 6.15. The van der Waals surface area contributed by atoms with Gasteiger partial charge in [-0.3, -0.25) is 14.4 Å². The van der Waals surface area contributed by atoms with Crippen LogP contribution in [0.4, 0.5) is 10.1 Å². The molecule has 0 aromatic heterocycles. The Hall–Kier alpha value is -2.57. The van der Waals surface area contributed by atoms with Gasteiger partial charge in [-0.05, 0) is 54.8 Å². The molecule has 1 fully saturated rings. The van der Waals surface area contributed by atoms with E-state index in [1.165, 1.54) is 24.0 Å². The van der Waals surface area contributed by atoms with E-state index in [1.54, 1.807) is 30.3 Å². The summed E-state index contributed by atoms with van der Waals surface area (Å²) in [4.78, 5) is 38.0. The molecule has 1 atom stereocenters. The molecule has 0 aliphatic carbocycles. The van der Waals surface area contributed by atoms with Gasteiger partial charge in [-0.2, -0.15) is 0 Å². The minimum Gasteiger partial charge on any atom is -0.373 e. The summed E-state index contributed by atoms with van der Waals surface area (Å²) in [6.07, 6.45) is 0.365. The van der Waals surface area contributed by atoms with Crippen LogP contribution in [0.5, 0.6) is 0 Å². The molecule has 7 heteroatoms. The van der Waals surface area contributed by atoms with Crippen LogP contribution in [0.3, 0.4) is 0 Å². The van der Waals surface area contributed by atoms with E-state index in [0.29, 0.717) is 17.7 Å². The lowest BCUT2D eigenvalue weighted by atomic mass is 9.92. The molecule has 5 nitrogen and oxygen atoms in total. The maximum Gasteiger partial charge on any atom is 0.266 e. The van der Waals surface area contributed by atoms with E-state index in [0.717, 1.165) is 5.56 Å².